The quantitative estimate of drug-likeness (QED) is 0.810. The van der Waals surface area contributed by atoms with Crippen molar-refractivity contribution in [2.24, 2.45) is 0 Å². The number of hydrogen-bond acceptors (Lipinski definition) is 2. The van der Waals surface area contributed by atoms with E-state index in [-0.39, 0.29) is 5.91 Å². The number of nitrogens with zero attached hydrogens (tertiary/aromatic N) is 3. The van der Waals surface area contributed by atoms with Gasteiger partial charge in [0.2, 0.25) is 0 Å². The van der Waals surface area contributed by atoms with Gasteiger partial charge in [0.25, 0.3) is 5.91 Å². The van der Waals surface area contributed by atoms with E-state index < -0.39 is 0 Å². The van der Waals surface area contributed by atoms with Crippen molar-refractivity contribution in [2.45, 2.75) is 26.3 Å². The number of aromatic nitrogens is 2. The molecule has 2 aromatic rings. The van der Waals surface area contributed by atoms with Crippen LogP contribution in [0.25, 0.3) is 10.9 Å². The average Bonchev–Trinajstić information content (AvgIpc) is 2.72. The van der Waals surface area contributed by atoms with Gasteiger partial charge in [0.05, 0.1) is 11.7 Å². The number of pyridine rings is 1. The Morgan fingerprint density at radius 1 is 1.42 bits per heavy atom. The van der Waals surface area contributed by atoms with E-state index in [0.717, 1.165) is 40.6 Å². The maximum Gasteiger partial charge on any atom is 0.269 e. The minimum atomic E-state index is 0.0309. The van der Waals surface area contributed by atoms with Gasteiger partial charge in [-0.3, -0.25) is 4.79 Å². The second-order valence-electron chi connectivity index (χ2n) is 4.80. The lowest BCUT2D eigenvalue weighted by Crippen LogP contribution is -2.24. The molecule has 2 heterocycles. The summed E-state index contributed by atoms with van der Waals surface area (Å²) in [6, 6.07) is 3.89. The molecule has 0 fully saturated rings. The SMILES string of the molecule is CCCCn1c(C(=O)N(C)C)cc2cc(Br)ncc21. The van der Waals surface area contributed by atoms with Crippen LogP contribution in [0, 0.1) is 0 Å². The third kappa shape index (κ3) is 2.81. The van der Waals surface area contributed by atoms with Gasteiger partial charge in [-0.25, -0.2) is 4.98 Å². The van der Waals surface area contributed by atoms with Crippen molar-refractivity contribution in [3.8, 4) is 0 Å². The maximum absolute atomic E-state index is 12.3. The molecule has 0 atom stereocenters. The number of amides is 1. The van der Waals surface area contributed by atoms with Crippen molar-refractivity contribution < 1.29 is 4.79 Å². The predicted octanol–water partition coefficient (Wildman–Crippen LogP) is 3.30. The molecule has 0 saturated carbocycles. The highest BCUT2D eigenvalue weighted by atomic mass is 79.9. The lowest BCUT2D eigenvalue weighted by Gasteiger charge is -2.13. The molecule has 1 amide bonds. The standard InChI is InChI=1S/C14H18BrN3O/c1-4-5-6-18-11(14(19)17(2)3)7-10-8-13(15)16-9-12(10)18/h7-9H,4-6H2,1-3H3. The van der Waals surface area contributed by atoms with E-state index in [9.17, 15) is 4.79 Å². The summed E-state index contributed by atoms with van der Waals surface area (Å²) in [5.74, 6) is 0.0309. The Bertz CT molecular complexity index is 604. The molecular formula is C14H18BrN3O. The first-order valence-electron chi connectivity index (χ1n) is 6.41. The normalized spacial score (nSPS) is 10.9. The molecule has 0 unspecified atom stereocenters. The molecular weight excluding hydrogens is 306 g/mol. The monoisotopic (exact) mass is 323 g/mol. The summed E-state index contributed by atoms with van der Waals surface area (Å²) in [6.45, 7) is 2.99. The third-order valence-corrected chi connectivity index (χ3v) is 3.55. The number of rotatable bonds is 4. The van der Waals surface area contributed by atoms with Crippen LogP contribution < -0.4 is 0 Å². The molecule has 2 aromatic heterocycles. The van der Waals surface area contributed by atoms with Crippen LogP contribution in [-0.4, -0.2) is 34.5 Å². The Morgan fingerprint density at radius 2 is 2.16 bits per heavy atom. The zero-order valence-corrected chi connectivity index (χ0v) is 13.1. The number of hydrogen-bond donors (Lipinski definition) is 0. The van der Waals surface area contributed by atoms with Crippen LogP contribution in [0.1, 0.15) is 30.3 Å². The van der Waals surface area contributed by atoms with E-state index in [2.05, 4.69) is 32.4 Å². The third-order valence-electron chi connectivity index (χ3n) is 3.11. The molecule has 4 nitrogen and oxygen atoms in total. The van der Waals surface area contributed by atoms with Crippen LogP contribution in [-0.2, 0) is 6.54 Å². The summed E-state index contributed by atoms with van der Waals surface area (Å²) in [7, 11) is 3.55. The van der Waals surface area contributed by atoms with Crippen molar-refractivity contribution >= 4 is 32.7 Å². The molecule has 0 saturated heterocycles. The molecule has 2 rings (SSSR count). The largest absolute Gasteiger partial charge is 0.343 e. The lowest BCUT2D eigenvalue weighted by atomic mass is 10.3. The van der Waals surface area contributed by atoms with E-state index in [1.807, 2.05) is 18.3 Å². The smallest absolute Gasteiger partial charge is 0.269 e. The fourth-order valence-electron chi connectivity index (χ4n) is 2.10. The van der Waals surface area contributed by atoms with Crippen LogP contribution >= 0.6 is 15.9 Å². The first-order valence-corrected chi connectivity index (χ1v) is 7.20. The van der Waals surface area contributed by atoms with Gasteiger partial charge < -0.3 is 9.47 Å². The van der Waals surface area contributed by atoms with E-state index in [1.54, 1.807) is 19.0 Å². The van der Waals surface area contributed by atoms with E-state index in [4.69, 9.17) is 0 Å². The first kappa shape index (κ1) is 14.1. The number of carbonyl (C=O) groups is 1. The van der Waals surface area contributed by atoms with Gasteiger partial charge in [-0.2, -0.15) is 0 Å². The van der Waals surface area contributed by atoms with Crippen LogP contribution in [0.4, 0.5) is 0 Å². The lowest BCUT2D eigenvalue weighted by molar-refractivity contribution is 0.0817. The van der Waals surface area contributed by atoms with Gasteiger partial charge >= 0.3 is 0 Å². The minimum absolute atomic E-state index is 0.0309. The van der Waals surface area contributed by atoms with Gasteiger partial charge in [-0.1, -0.05) is 13.3 Å². The second-order valence-corrected chi connectivity index (χ2v) is 5.61. The summed E-state index contributed by atoms with van der Waals surface area (Å²) in [5, 5.41) is 1.04. The topological polar surface area (TPSA) is 38.1 Å². The molecule has 0 N–H and O–H groups in total. The molecule has 0 aliphatic heterocycles. The number of unbranched alkanes of at least 4 members (excludes halogenated alkanes) is 1. The fourth-order valence-corrected chi connectivity index (χ4v) is 2.45. The highest BCUT2D eigenvalue weighted by Crippen LogP contribution is 2.23. The zero-order chi connectivity index (χ0) is 14.0. The van der Waals surface area contributed by atoms with Gasteiger partial charge in [-0.05, 0) is 34.5 Å². The molecule has 0 aliphatic rings. The molecule has 0 aromatic carbocycles. The average molecular weight is 324 g/mol. The van der Waals surface area contributed by atoms with Crippen LogP contribution in [0.15, 0.2) is 22.9 Å². The summed E-state index contributed by atoms with van der Waals surface area (Å²) in [4.78, 5) is 18.1. The molecule has 102 valence electrons. The van der Waals surface area contributed by atoms with Crippen LogP contribution in [0.5, 0.6) is 0 Å². The zero-order valence-electron chi connectivity index (χ0n) is 11.5. The molecule has 5 heteroatoms. The van der Waals surface area contributed by atoms with Crippen molar-refractivity contribution in [1.29, 1.82) is 0 Å². The van der Waals surface area contributed by atoms with E-state index in [1.165, 1.54) is 0 Å². The number of fused-ring (bicyclic) bond motifs is 1. The molecule has 0 aliphatic carbocycles. The van der Waals surface area contributed by atoms with Crippen LogP contribution in [0.3, 0.4) is 0 Å². The maximum atomic E-state index is 12.3. The number of halogens is 1. The highest BCUT2D eigenvalue weighted by molar-refractivity contribution is 9.10. The number of aryl methyl sites for hydroxylation is 1. The fraction of sp³-hybridized carbons (Fsp3) is 0.429. The molecule has 0 bridgehead atoms. The predicted molar refractivity (Wildman–Crippen MR) is 80.4 cm³/mol. The Labute approximate surface area is 121 Å². The summed E-state index contributed by atoms with van der Waals surface area (Å²) >= 11 is 3.37. The molecule has 0 radical (unpaired) electrons. The summed E-state index contributed by atoms with van der Waals surface area (Å²) in [6.07, 6.45) is 3.97. The van der Waals surface area contributed by atoms with Crippen molar-refractivity contribution in [2.75, 3.05) is 14.1 Å². The van der Waals surface area contributed by atoms with Gasteiger partial charge in [0, 0.05) is 26.0 Å². The second kappa shape index (κ2) is 5.74. The van der Waals surface area contributed by atoms with Crippen LogP contribution in [0.2, 0.25) is 0 Å². The minimum Gasteiger partial charge on any atom is -0.343 e. The van der Waals surface area contributed by atoms with Crippen molar-refractivity contribution in [1.82, 2.24) is 14.5 Å². The van der Waals surface area contributed by atoms with E-state index in [0.29, 0.717) is 0 Å². The molecule has 0 spiro atoms. The molecule has 19 heavy (non-hydrogen) atoms. The first-order chi connectivity index (χ1) is 9.04. The van der Waals surface area contributed by atoms with E-state index >= 15 is 0 Å². The Kier molecular flexibility index (Phi) is 4.24. The van der Waals surface area contributed by atoms with Gasteiger partial charge in [0.15, 0.2) is 0 Å². The van der Waals surface area contributed by atoms with Gasteiger partial charge in [-0.15, -0.1) is 0 Å². The Balaban J connectivity index is 2.57. The number of carbonyl (C=O) groups excluding carboxylic acids is 1. The highest BCUT2D eigenvalue weighted by Gasteiger charge is 2.17. The van der Waals surface area contributed by atoms with Crippen molar-refractivity contribution in [3.05, 3.63) is 28.6 Å². The summed E-state index contributed by atoms with van der Waals surface area (Å²) in [5.41, 5.74) is 1.75. The van der Waals surface area contributed by atoms with Gasteiger partial charge in [0.1, 0.15) is 10.3 Å². The van der Waals surface area contributed by atoms with Crippen molar-refractivity contribution in [3.63, 3.8) is 0 Å². The summed E-state index contributed by atoms with van der Waals surface area (Å²) < 4.78 is 2.86. The Morgan fingerprint density at radius 3 is 2.79 bits per heavy atom. The Hall–Kier alpha value is -1.36.